The van der Waals surface area contributed by atoms with Gasteiger partial charge in [0.2, 0.25) is 0 Å². The van der Waals surface area contributed by atoms with Crippen LogP contribution in [-0.4, -0.2) is 49.9 Å². The zero-order valence-corrected chi connectivity index (χ0v) is 26.7. The summed E-state index contributed by atoms with van der Waals surface area (Å²) in [5.74, 6) is 0.902. The van der Waals surface area contributed by atoms with Crippen LogP contribution in [0.1, 0.15) is 77.8 Å². The van der Waals surface area contributed by atoms with Crippen molar-refractivity contribution in [1.82, 2.24) is 5.43 Å². The molecule has 0 saturated heterocycles. The van der Waals surface area contributed by atoms with Crippen molar-refractivity contribution < 1.29 is 33.3 Å². The predicted octanol–water partition coefficient (Wildman–Crippen LogP) is 6.02. The van der Waals surface area contributed by atoms with Gasteiger partial charge in [0.05, 0.1) is 31.6 Å². The molecule has 1 aromatic heterocycles. The molecule has 0 spiro atoms. The van der Waals surface area contributed by atoms with Crippen LogP contribution in [0.4, 0.5) is 5.00 Å². The summed E-state index contributed by atoms with van der Waals surface area (Å²) in [7, 11) is 1.56. The monoisotopic (exact) mass is 621 g/mol. The predicted molar refractivity (Wildman–Crippen MR) is 170 cm³/mol. The van der Waals surface area contributed by atoms with E-state index >= 15 is 0 Å². The molecule has 0 radical (unpaired) electrons. The SMILES string of the molecule is CCOC(=O)c1c(NC(=O)c2ccc(OC(C)C(=O)NN=Cc3ccc(OC(C)C)c(OC)c3)cc2)sc2c1CCC(C)C2. The maximum absolute atomic E-state index is 13.1. The van der Waals surface area contributed by atoms with Crippen molar-refractivity contribution in [3.63, 3.8) is 0 Å². The van der Waals surface area contributed by atoms with Crippen molar-refractivity contribution in [2.45, 2.75) is 66.1 Å². The van der Waals surface area contributed by atoms with Crippen LogP contribution in [0.3, 0.4) is 0 Å². The lowest BCUT2D eigenvalue weighted by atomic mass is 9.88. The standard InChI is InChI=1S/C33H39N3O7S/c1-7-41-33(39)29-25-14-8-20(4)16-28(25)44-32(29)35-31(38)23-10-12-24(13-11-23)43-21(5)30(37)36-34-18-22-9-15-26(42-19(2)3)27(17-22)40-6/h9-13,15,17-21H,7-8,14,16H2,1-6H3,(H,35,38)(H,36,37). The van der Waals surface area contributed by atoms with Gasteiger partial charge in [0, 0.05) is 10.4 Å². The zero-order chi connectivity index (χ0) is 31.8. The Balaban J connectivity index is 1.35. The first-order valence-electron chi connectivity index (χ1n) is 14.7. The lowest BCUT2D eigenvalue weighted by Gasteiger charge is -2.18. The van der Waals surface area contributed by atoms with Gasteiger partial charge in [0.1, 0.15) is 10.8 Å². The van der Waals surface area contributed by atoms with E-state index in [1.54, 1.807) is 63.4 Å². The zero-order valence-electron chi connectivity index (χ0n) is 25.9. The van der Waals surface area contributed by atoms with E-state index in [1.807, 2.05) is 13.8 Å². The molecule has 0 saturated carbocycles. The number of benzene rings is 2. The second-order valence-electron chi connectivity index (χ2n) is 10.8. The molecule has 10 nitrogen and oxygen atoms in total. The van der Waals surface area contributed by atoms with Crippen molar-refractivity contribution in [2.24, 2.45) is 11.0 Å². The molecular weight excluding hydrogens is 582 g/mol. The lowest BCUT2D eigenvalue weighted by molar-refractivity contribution is -0.127. The van der Waals surface area contributed by atoms with Gasteiger partial charge in [-0.1, -0.05) is 6.92 Å². The topological polar surface area (TPSA) is 125 Å². The minimum atomic E-state index is -0.852. The fraction of sp³-hybridized carbons (Fsp3) is 0.394. The molecule has 2 unspecified atom stereocenters. The molecule has 4 rings (SSSR count). The van der Waals surface area contributed by atoms with E-state index in [-0.39, 0.29) is 18.6 Å². The highest BCUT2D eigenvalue weighted by atomic mass is 32.1. The summed E-state index contributed by atoms with van der Waals surface area (Å²) in [6.45, 7) is 9.67. The van der Waals surface area contributed by atoms with Crippen molar-refractivity contribution in [3.8, 4) is 17.2 Å². The Morgan fingerprint density at radius 2 is 1.82 bits per heavy atom. The first kappa shape index (κ1) is 32.5. The third-order valence-electron chi connectivity index (χ3n) is 6.96. The number of esters is 1. The quantitative estimate of drug-likeness (QED) is 0.144. The van der Waals surface area contributed by atoms with Gasteiger partial charge in [0.15, 0.2) is 17.6 Å². The van der Waals surface area contributed by atoms with Crippen LogP contribution in [0.25, 0.3) is 0 Å². The fourth-order valence-electron chi connectivity index (χ4n) is 4.75. The number of fused-ring (bicyclic) bond motifs is 1. The lowest BCUT2D eigenvalue weighted by Crippen LogP contribution is -2.33. The van der Waals surface area contributed by atoms with Gasteiger partial charge in [-0.15, -0.1) is 11.3 Å². The summed E-state index contributed by atoms with van der Waals surface area (Å²) >= 11 is 1.44. The van der Waals surface area contributed by atoms with Crippen molar-refractivity contribution >= 4 is 40.3 Å². The van der Waals surface area contributed by atoms with E-state index < -0.39 is 18.0 Å². The summed E-state index contributed by atoms with van der Waals surface area (Å²) in [6, 6.07) is 11.8. The van der Waals surface area contributed by atoms with Crippen LogP contribution in [0.2, 0.25) is 0 Å². The Morgan fingerprint density at radius 3 is 2.50 bits per heavy atom. The van der Waals surface area contributed by atoms with E-state index in [1.165, 1.54) is 17.6 Å². The summed E-state index contributed by atoms with van der Waals surface area (Å²) < 4.78 is 22.1. The van der Waals surface area contributed by atoms with Crippen LogP contribution >= 0.6 is 11.3 Å². The molecule has 1 aliphatic carbocycles. The highest BCUT2D eigenvalue weighted by Crippen LogP contribution is 2.40. The van der Waals surface area contributed by atoms with E-state index in [2.05, 4.69) is 22.8 Å². The minimum absolute atomic E-state index is 0.00379. The smallest absolute Gasteiger partial charge is 0.341 e. The minimum Gasteiger partial charge on any atom is -0.493 e. The number of hydrogen-bond donors (Lipinski definition) is 2. The molecule has 0 fully saturated rings. The van der Waals surface area contributed by atoms with Crippen LogP contribution < -0.4 is 25.0 Å². The molecule has 11 heteroatoms. The van der Waals surface area contributed by atoms with E-state index in [9.17, 15) is 14.4 Å². The normalized spacial score (nSPS) is 14.9. The second kappa shape index (κ2) is 14.9. The van der Waals surface area contributed by atoms with Gasteiger partial charge in [-0.3, -0.25) is 9.59 Å². The maximum atomic E-state index is 13.1. The number of rotatable bonds is 12. The van der Waals surface area contributed by atoms with Crippen LogP contribution in [0, 0.1) is 5.92 Å². The van der Waals surface area contributed by atoms with Crippen LogP contribution in [0.15, 0.2) is 47.6 Å². The molecule has 2 aromatic carbocycles. The third kappa shape index (κ3) is 8.16. The van der Waals surface area contributed by atoms with Gasteiger partial charge in [-0.05, 0) is 106 Å². The number of carbonyl (C=O) groups excluding carboxylic acids is 3. The van der Waals surface area contributed by atoms with Gasteiger partial charge < -0.3 is 24.3 Å². The number of nitrogens with one attached hydrogen (secondary N) is 2. The summed E-state index contributed by atoms with van der Waals surface area (Å²) in [5.41, 5.74) is 5.02. The van der Waals surface area contributed by atoms with E-state index in [0.29, 0.717) is 44.9 Å². The number of carbonyl (C=O) groups is 3. The van der Waals surface area contributed by atoms with Crippen molar-refractivity contribution in [1.29, 1.82) is 0 Å². The van der Waals surface area contributed by atoms with Gasteiger partial charge in [-0.2, -0.15) is 5.10 Å². The van der Waals surface area contributed by atoms with Gasteiger partial charge in [-0.25, -0.2) is 10.2 Å². The summed E-state index contributed by atoms with van der Waals surface area (Å²) in [5, 5.41) is 7.45. The van der Waals surface area contributed by atoms with Gasteiger partial charge >= 0.3 is 5.97 Å². The first-order chi connectivity index (χ1) is 21.1. The molecule has 2 N–H and O–H groups in total. The molecular formula is C33H39N3O7S. The molecule has 3 aromatic rings. The number of thiophene rings is 1. The Kier molecular flexibility index (Phi) is 11.0. The molecule has 234 valence electrons. The summed E-state index contributed by atoms with van der Waals surface area (Å²) in [6.07, 6.45) is 3.30. The fourth-order valence-corrected chi connectivity index (χ4v) is 6.15. The van der Waals surface area contributed by atoms with Crippen molar-refractivity contribution in [3.05, 3.63) is 69.6 Å². The molecule has 0 bridgehead atoms. The number of hydrazone groups is 1. The van der Waals surface area contributed by atoms with Gasteiger partial charge in [0.25, 0.3) is 11.8 Å². The molecule has 44 heavy (non-hydrogen) atoms. The Labute approximate surface area is 261 Å². The number of ether oxygens (including phenoxy) is 4. The highest BCUT2D eigenvalue weighted by Gasteiger charge is 2.29. The van der Waals surface area contributed by atoms with Crippen molar-refractivity contribution in [2.75, 3.05) is 19.0 Å². The maximum Gasteiger partial charge on any atom is 0.341 e. The van der Waals surface area contributed by atoms with E-state index in [4.69, 9.17) is 18.9 Å². The Hall–Kier alpha value is -4.38. The summed E-state index contributed by atoms with van der Waals surface area (Å²) in [4.78, 5) is 39.6. The Morgan fingerprint density at radius 1 is 1.07 bits per heavy atom. The number of hydrogen-bond acceptors (Lipinski definition) is 9. The molecule has 2 atom stereocenters. The van der Waals surface area contributed by atoms with E-state index in [0.717, 1.165) is 29.7 Å². The molecule has 0 aliphatic heterocycles. The highest BCUT2D eigenvalue weighted by molar-refractivity contribution is 7.17. The number of amides is 2. The first-order valence-corrected chi connectivity index (χ1v) is 15.5. The van der Waals surface area contributed by atoms with Crippen LogP contribution in [-0.2, 0) is 22.4 Å². The largest absolute Gasteiger partial charge is 0.493 e. The molecule has 1 heterocycles. The van der Waals surface area contributed by atoms with Crippen LogP contribution in [0.5, 0.6) is 17.2 Å². The average Bonchev–Trinajstić information content (AvgIpc) is 3.34. The number of nitrogens with zero attached hydrogens (tertiary/aromatic N) is 1. The number of anilines is 1. The third-order valence-corrected chi connectivity index (χ3v) is 8.13. The average molecular weight is 622 g/mol. The molecule has 1 aliphatic rings. The second-order valence-corrected chi connectivity index (χ2v) is 11.9. The molecule has 2 amide bonds. The Bertz CT molecular complexity index is 1510. The number of methoxy groups -OCH3 is 1.